The normalized spacial score (nSPS) is 23.9. The maximum atomic E-state index is 12.2. The summed E-state index contributed by atoms with van der Waals surface area (Å²) in [4.78, 5) is 25.3. The Hall–Kier alpha value is -1.30. The van der Waals surface area contributed by atoms with Crippen LogP contribution < -0.4 is 5.32 Å². The van der Waals surface area contributed by atoms with Crippen LogP contribution in [0.2, 0.25) is 0 Å². The third kappa shape index (κ3) is 3.42. The van der Waals surface area contributed by atoms with E-state index >= 15 is 0 Å². The van der Waals surface area contributed by atoms with Gasteiger partial charge in [-0.25, -0.2) is 4.79 Å². The number of nitrogens with zero attached hydrogens (tertiary/aromatic N) is 1. The molecule has 0 radical (unpaired) electrons. The summed E-state index contributed by atoms with van der Waals surface area (Å²) in [6.45, 7) is 6.99. The zero-order chi connectivity index (χ0) is 15.3. The van der Waals surface area contributed by atoms with Gasteiger partial charge in [-0.1, -0.05) is 20.8 Å². The molecule has 2 unspecified atom stereocenters. The van der Waals surface area contributed by atoms with Crippen molar-refractivity contribution in [3.63, 3.8) is 0 Å². The van der Waals surface area contributed by atoms with Crippen LogP contribution in [0.4, 0.5) is 4.79 Å². The summed E-state index contributed by atoms with van der Waals surface area (Å²) in [5, 5.41) is 12.4. The molecule has 0 aliphatic carbocycles. The standard InChI is InChI=1S/C14H26N2O4/c1-5-11(8-20-4)15-13(19)16-7-6-14(9-16,10(2)3)12(17)18/h10-11H,5-9H2,1-4H3,(H,15,19)(H,17,18). The lowest BCUT2D eigenvalue weighted by Crippen LogP contribution is -2.47. The minimum atomic E-state index is -0.819. The second-order valence-electron chi connectivity index (χ2n) is 5.80. The Labute approximate surface area is 120 Å². The molecule has 2 amide bonds. The maximum absolute atomic E-state index is 12.2. The van der Waals surface area contributed by atoms with Gasteiger partial charge < -0.3 is 20.1 Å². The Morgan fingerprint density at radius 1 is 1.45 bits per heavy atom. The minimum Gasteiger partial charge on any atom is -0.481 e. The van der Waals surface area contributed by atoms with E-state index in [0.29, 0.717) is 19.6 Å². The first-order chi connectivity index (χ1) is 9.37. The highest BCUT2D eigenvalue weighted by molar-refractivity contribution is 5.80. The van der Waals surface area contributed by atoms with E-state index in [-0.39, 0.29) is 24.5 Å². The number of methoxy groups -OCH3 is 1. The van der Waals surface area contributed by atoms with E-state index in [1.807, 2.05) is 20.8 Å². The fourth-order valence-electron chi connectivity index (χ4n) is 2.63. The topological polar surface area (TPSA) is 78.9 Å². The van der Waals surface area contributed by atoms with Gasteiger partial charge in [0.25, 0.3) is 0 Å². The van der Waals surface area contributed by atoms with Crippen molar-refractivity contribution in [3.05, 3.63) is 0 Å². The van der Waals surface area contributed by atoms with Crippen LogP contribution in [-0.2, 0) is 9.53 Å². The van der Waals surface area contributed by atoms with Crippen LogP contribution >= 0.6 is 0 Å². The van der Waals surface area contributed by atoms with E-state index in [1.54, 1.807) is 12.0 Å². The van der Waals surface area contributed by atoms with Crippen LogP contribution in [0.5, 0.6) is 0 Å². The van der Waals surface area contributed by atoms with Crippen LogP contribution in [0.15, 0.2) is 0 Å². The summed E-state index contributed by atoms with van der Waals surface area (Å²) in [6.07, 6.45) is 1.29. The van der Waals surface area contributed by atoms with Gasteiger partial charge in [-0.05, 0) is 18.8 Å². The summed E-state index contributed by atoms with van der Waals surface area (Å²) >= 11 is 0. The monoisotopic (exact) mass is 286 g/mol. The van der Waals surface area contributed by atoms with Crippen LogP contribution in [0.25, 0.3) is 0 Å². The average molecular weight is 286 g/mol. The smallest absolute Gasteiger partial charge is 0.317 e. The van der Waals surface area contributed by atoms with Gasteiger partial charge >= 0.3 is 12.0 Å². The lowest BCUT2D eigenvalue weighted by molar-refractivity contribution is -0.150. The van der Waals surface area contributed by atoms with Crippen LogP contribution in [0.1, 0.15) is 33.6 Å². The van der Waals surface area contributed by atoms with Crippen LogP contribution in [0, 0.1) is 11.3 Å². The van der Waals surface area contributed by atoms with Crippen molar-refractivity contribution in [1.82, 2.24) is 10.2 Å². The Kier molecular flexibility index (Phi) is 5.80. The van der Waals surface area contributed by atoms with E-state index in [2.05, 4.69) is 5.32 Å². The summed E-state index contributed by atoms with van der Waals surface area (Å²) in [7, 11) is 1.60. The second-order valence-corrected chi connectivity index (χ2v) is 5.80. The van der Waals surface area contributed by atoms with Crippen LogP contribution in [-0.4, -0.2) is 54.9 Å². The summed E-state index contributed by atoms with van der Waals surface area (Å²) in [5.74, 6) is -0.814. The summed E-state index contributed by atoms with van der Waals surface area (Å²) in [5.41, 5.74) is -0.819. The number of carbonyl (C=O) groups excluding carboxylic acids is 1. The number of likely N-dealkylation sites (tertiary alicyclic amines) is 1. The highest BCUT2D eigenvalue weighted by Crippen LogP contribution is 2.38. The first-order valence-corrected chi connectivity index (χ1v) is 7.15. The number of carboxylic acid groups (broad SMARTS) is 1. The molecule has 0 aromatic carbocycles. The van der Waals surface area contributed by atoms with Gasteiger partial charge in [-0.2, -0.15) is 0 Å². The number of aliphatic carboxylic acids is 1. The van der Waals surface area contributed by atoms with E-state index < -0.39 is 11.4 Å². The van der Waals surface area contributed by atoms with Crippen molar-refractivity contribution in [1.29, 1.82) is 0 Å². The second kappa shape index (κ2) is 6.92. The third-order valence-electron chi connectivity index (χ3n) is 4.31. The predicted octanol–water partition coefficient (Wildman–Crippen LogP) is 1.55. The molecule has 0 aromatic heterocycles. The molecule has 1 saturated heterocycles. The van der Waals surface area contributed by atoms with Gasteiger partial charge in [0.15, 0.2) is 0 Å². The Morgan fingerprint density at radius 2 is 2.10 bits per heavy atom. The number of hydrogen-bond donors (Lipinski definition) is 2. The number of carboxylic acids is 1. The lowest BCUT2D eigenvalue weighted by Gasteiger charge is -2.29. The molecule has 1 fully saturated rings. The molecule has 0 bridgehead atoms. The molecule has 6 heteroatoms. The molecule has 20 heavy (non-hydrogen) atoms. The van der Waals surface area contributed by atoms with Gasteiger partial charge in [-0.15, -0.1) is 0 Å². The van der Waals surface area contributed by atoms with Crippen molar-refractivity contribution in [2.45, 2.75) is 39.7 Å². The minimum absolute atomic E-state index is 0.00116. The molecular formula is C14H26N2O4. The fourth-order valence-corrected chi connectivity index (χ4v) is 2.63. The SMILES string of the molecule is CCC(COC)NC(=O)N1CCC(C(=O)O)(C(C)C)C1. The first-order valence-electron chi connectivity index (χ1n) is 7.15. The number of nitrogens with one attached hydrogen (secondary N) is 1. The third-order valence-corrected chi connectivity index (χ3v) is 4.31. The van der Waals surface area contributed by atoms with Crippen molar-refractivity contribution in [3.8, 4) is 0 Å². The Morgan fingerprint density at radius 3 is 2.50 bits per heavy atom. The van der Waals surface area contributed by atoms with Crippen molar-refractivity contribution < 1.29 is 19.4 Å². The lowest BCUT2D eigenvalue weighted by atomic mass is 9.76. The number of hydrogen-bond acceptors (Lipinski definition) is 3. The van der Waals surface area contributed by atoms with Gasteiger partial charge in [0.1, 0.15) is 0 Å². The number of carbonyl (C=O) groups is 2. The molecule has 1 rings (SSSR count). The Bertz CT molecular complexity index is 359. The largest absolute Gasteiger partial charge is 0.481 e. The van der Waals surface area contributed by atoms with Crippen molar-refractivity contribution in [2.24, 2.45) is 11.3 Å². The van der Waals surface area contributed by atoms with Crippen LogP contribution in [0.3, 0.4) is 0 Å². The molecule has 2 atom stereocenters. The molecule has 0 aromatic rings. The van der Waals surface area contributed by atoms with E-state index in [0.717, 1.165) is 6.42 Å². The first kappa shape index (κ1) is 16.8. The van der Waals surface area contributed by atoms with Crippen molar-refractivity contribution in [2.75, 3.05) is 26.8 Å². The van der Waals surface area contributed by atoms with Gasteiger partial charge in [0.05, 0.1) is 18.1 Å². The molecule has 0 saturated carbocycles. The summed E-state index contributed by atoms with van der Waals surface area (Å²) in [6, 6.07) is -0.232. The molecule has 1 aliphatic rings. The fraction of sp³-hybridized carbons (Fsp3) is 0.857. The number of rotatable bonds is 6. The molecular weight excluding hydrogens is 260 g/mol. The molecule has 0 spiro atoms. The van der Waals surface area contributed by atoms with E-state index in [4.69, 9.17) is 4.74 Å². The molecule has 6 nitrogen and oxygen atoms in total. The zero-order valence-electron chi connectivity index (χ0n) is 12.8. The van der Waals surface area contributed by atoms with Gasteiger partial charge in [0.2, 0.25) is 0 Å². The van der Waals surface area contributed by atoms with E-state index in [9.17, 15) is 14.7 Å². The predicted molar refractivity (Wildman–Crippen MR) is 75.6 cm³/mol. The number of ether oxygens (including phenoxy) is 1. The number of amides is 2. The molecule has 1 heterocycles. The van der Waals surface area contributed by atoms with Crippen molar-refractivity contribution >= 4 is 12.0 Å². The number of urea groups is 1. The van der Waals surface area contributed by atoms with Gasteiger partial charge in [0, 0.05) is 20.2 Å². The average Bonchev–Trinajstić information content (AvgIpc) is 2.84. The summed E-state index contributed by atoms with van der Waals surface area (Å²) < 4.78 is 5.05. The highest BCUT2D eigenvalue weighted by atomic mass is 16.5. The maximum Gasteiger partial charge on any atom is 0.317 e. The zero-order valence-corrected chi connectivity index (χ0v) is 12.8. The Balaban J connectivity index is 2.67. The molecule has 1 aliphatic heterocycles. The highest BCUT2D eigenvalue weighted by Gasteiger charge is 2.48. The quantitative estimate of drug-likeness (QED) is 0.776. The molecule has 116 valence electrons. The molecule has 2 N–H and O–H groups in total. The van der Waals surface area contributed by atoms with Gasteiger partial charge in [-0.3, -0.25) is 4.79 Å². The van der Waals surface area contributed by atoms with E-state index in [1.165, 1.54) is 0 Å².